The molecule has 0 bridgehead atoms. The van der Waals surface area contributed by atoms with Crippen molar-refractivity contribution in [1.82, 2.24) is 4.90 Å². The molecule has 4 nitrogen and oxygen atoms in total. The molecular weight excluding hydrogens is 321 g/mol. The second-order valence-electron chi connectivity index (χ2n) is 6.57. The standard InChI is InChI=1S/C20H22FNO3/c1-23-18-6-4-14(5-7-18)19-3-2-8-22(19)11-15-9-17(21)10-16-12-24-13-25-20(15)16/h4-7,9-10,19H,2-3,8,11-13H2,1H3. The molecule has 1 unspecified atom stereocenters. The molecule has 0 aliphatic carbocycles. The van der Waals surface area contributed by atoms with Crippen LogP contribution in [0.1, 0.15) is 35.6 Å². The number of nitrogens with zero attached hydrogens (tertiary/aromatic N) is 1. The average Bonchev–Trinajstić information content (AvgIpc) is 3.10. The Morgan fingerprint density at radius 1 is 1.24 bits per heavy atom. The topological polar surface area (TPSA) is 30.9 Å². The number of benzene rings is 2. The van der Waals surface area contributed by atoms with Gasteiger partial charge in [0.1, 0.15) is 17.3 Å². The van der Waals surface area contributed by atoms with E-state index in [2.05, 4.69) is 17.0 Å². The summed E-state index contributed by atoms with van der Waals surface area (Å²) in [6.07, 6.45) is 2.24. The van der Waals surface area contributed by atoms with E-state index in [0.29, 0.717) is 19.2 Å². The fourth-order valence-electron chi connectivity index (χ4n) is 3.81. The third-order valence-electron chi connectivity index (χ3n) is 4.99. The van der Waals surface area contributed by atoms with E-state index in [1.165, 1.54) is 11.6 Å². The van der Waals surface area contributed by atoms with E-state index in [4.69, 9.17) is 14.2 Å². The lowest BCUT2D eigenvalue weighted by molar-refractivity contribution is -0.0177. The highest BCUT2D eigenvalue weighted by molar-refractivity contribution is 5.42. The Labute approximate surface area is 147 Å². The van der Waals surface area contributed by atoms with Crippen molar-refractivity contribution < 1.29 is 18.6 Å². The normalized spacial score (nSPS) is 20.2. The van der Waals surface area contributed by atoms with E-state index < -0.39 is 0 Å². The molecule has 1 saturated heterocycles. The van der Waals surface area contributed by atoms with Crippen LogP contribution in [0.5, 0.6) is 11.5 Å². The van der Waals surface area contributed by atoms with Crippen LogP contribution in [0.2, 0.25) is 0 Å². The Kier molecular flexibility index (Phi) is 4.59. The summed E-state index contributed by atoms with van der Waals surface area (Å²) in [4.78, 5) is 2.40. The molecule has 0 aromatic heterocycles. The van der Waals surface area contributed by atoms with Crippen molar-refractivity contribution in [3.8, 4) is 11.5 Å². The molecule has 0 saturated carbocycles. The van der Waals surface area contributed by atoms with Crippen molar-refractivity contribution in [2.24, 2.45) is 0 Å². The summed E-state index contributed by atoms with van der Waals surface area (Å²) in [7, 11) is 1.67. The number of halogens is 1. The maximum atomic E-state index is 14.0. The number of methoxy groups -OCH3 is 1. The van der Waals surface area contributed by atoms with Crippen LogP contribution in [0.15, 0.2) is 36.4 Å². The van der Waals surface area contributed by atoms with Gasteiger partial charge < -0.3 is 14.2 Å². The first-order valence-electron chi connectivity index (χ1n) is 8.64. The van der Waals surface area contributed by atoms with Crippen molar-refractivity contribution in [3.63, 3.8) is 0 Å². The molecule has 4 rings (SSSR count). The molecule has 1 fully saturated rings. The van der Waals surface area contributed by atoms with Crippen LogP contribution in [0.25, 0.3) is 0 Å². The summed E-state index contributed by atoms with van der Waals surface area (Å²) in [5.74, 6) is 1.41. The van der Waals surface area contributed by atoms with Gasteiger partial charge in [0, 0.05) is 23.7 Å². The first-order chi connectivity index (χ1) is 12.2. The molecule has 0 radical (unpaired) electrons. The Hall–Kier alpha value is -2.11. The number of likely N-dealkylation sites (tertiary alicyclic amines) is 1. The van der Waals surface area contributed by atoms with Crippen molar-refractivity contribution in [3.05, 3.63) is 58.9 Å². The van der Waals surface area contributed by atoms with Gasteiger partial charge in [0.05, 0.1) is 13.7 Å². The van der Waals surface area contributed by atoms with Crippen molar-refractivity contribution in [2.75, 3.05) is 20.4 Å². The zero-order chi connectivity index (χ0) is 17.2. The third-order valence-corrected chi connectivity index (χ3v) is 4.99. The third kappa shape index (κ3) is 3.34. The molecule has 2 heterocycles. The van der Waals surface area contributed by atoms with Gasteiger partial charge in [-0.05, 0) is 49.2 Å². The minimum atomic E-state index is -0.233. The molecule has 0 amide bonds. The lowest BCUT2D eigenvalue weighted by atomic mass is 10.0. The van der Waals surface area contributed by atoms with Crippen molar-refractivity contribution >= 4 is 0 Å². The smallest absolute Gasteiger partial charge is 0.189 e. The van der Waals surface area contributed by atoms with Crippen LogP contribution in [0, 0.1) is 5.82 Å². The fraction of sp³-hybridized carbons (Fsp3) is 0.400. The Morgan fingerprint density at radius 3 is 2.88 bits per heavy atom. The molecule has 2 aliphatic rings. The van der Waals surface area contributed by atoms with Crippen LogP contribution in [0.3, 0.4) is 0 Å². The van der Waals surface area contributed by atoms with Gasteiger partial charge >= 0.3 is 0 Å². The molecular formula is C20H22FNO3. The predicted octanol–water partition coefficient (Wildman–Crippen LogP) is 4.04. The molecule has 0 spiro atoms. The monoisotopic (exact) mass is 343 g/mol. The maximum Gasteiger partial charge on any atom is 0.189 e. The molecule has 132 valence electrons. The van der Waals surface area contributed by atoms with Gasteiger partial charge in [-0.15, -0.1) is 0 Å². The van der Waals surface area contributed by atoms with E-state index in [1.54, 1.807) is 13.2 Å². The Balaban J connectivity index is 1.58. The first kappa shape index (κ1) is 16.4. The zero-order valence-electron chi connectivity index (χ0n) is 14.3. The lowest BCUT2D eigenvalue weighted by Crippen LogP contribution is -2.24. The molecule has 0 N–H and O–H groups in total. The van der Waals surface area contributed by atoms with E-state index in [-0.39, 0.29) is 12.6 Å². The van der Waals surface area contributed by atoms with Gasteiger partial charge in [-0.1, -0.05) is 12.1 Å². The van der Waals surface area contributed by atoms with Gasteiger partial charge in [-0.3, -0.25) is 4.90 Å². The van der Waals surface area contributed by atoms with Gasteiger partial charge in [0.2, 0.25) is 0 Å². The second-order valence-corrected chi connectivity index (χ2v) is 6.57. The number of fused-ring (bicyclic) bond motifs is 1. The molecule has 2 aliphatic heterocycles. The lowest BCUT2D eigenvalue weighted by Gasteiger charge is -2.27. The van der Waals surface area contributed by atoms with E-state index in [1.807, 2.05) is 12.1 Å². The fourth-order valence-corrected chi connectivity index (χ4v) is 3.81. The van der Waals surface area contributed by atoms with Gasteiger partial charge in [0.15, 0.2) is 6.79 Å². The zero-order valence-corrected chi connectivity index (χ0v) is 14.3. The molecule has 5 heteroatoms. The first-order valence-corrected chi connectivity index (χ1v) is 8.64. The largest absolute Gasteiger partial charge is 0.497 e. The van der Waals surface area contributed by atoms with Gasteiger partial charge in [-0.2, -0.15) is 0 Å². The number of hydrogen-bond acceptors (Lipinski definition) is 4. The van der Waals surface area contributed by atoms with E-state index >= 15 is 0 Å². The quantitative estimate of drug-likeness (QED) is 0.838. The molecule has 25 heavy (non-hydrogen) atoms. The van der Waals surface area contributed by atoms with Crippen LogP contribution in [-0.2, 0) is 17.9 Å². The summed E-state index contributed by atoms with van der Waals surface area (Å²) < 4.78 is 30.2. The molecule has 1 atom stereocenters. The Morgan fingerprint density at radius 2 is 2.08 bits per heavy atom. The number of ether oxygens (including phenoxy) is 3. The van der Waals surface area contributed by atoms with E-state index in [9.17, 15) is 4.39 Å². The van der Waals surface area contributed by atoms with Gasteiger partial charge in [0.25, 0.3) is 0 Å². The highest BCUT2D eigenvalue weighted by Crippen LogP contribution is 2.37. The minimum Gasteiger partial charge on any atom is -0.497 e. The second kappa shape index (κ2) is 7.02. The number of rotatable bonds is 4. The van der Waals surface area contributed by atoms with Crippen molar-refractivity contribution in [1.29, 1.82) is 0 Å². The predicted molar refractivity (Wildman–Crippen MR) is 92.1 cm³/mol. The summed E-state index contributed by atoms with van der Waals surface area (Å²) in [5.41, 5.74) is 2.97. The SMILES string of the molecule is COc1ccc(C2CCCN2Cc2cc(F)cc3c2OCOC3)cc1. The summed E-state index contributed by atoms with van der Waals surface area (Å²) in [5, 5.41) is 0. The summed E-state index contributed by atoms with van der Waals surface area (Å²) in [6.45, 7) is 2.31. The summed E-state index contributed by atoms with van der Waals surface area (Å²) in [6, 6.07) is 11.7. The molecule has 2 aromatic carbocycles. The van der Waals surface area contributed by atoms with Crippen LogP contribution >= 0.6 is 0 Å². The van der Waals surface area contributed by atoms with Crippen LogP contribution in [0.4, 0.5) is 4.39 Å². The highest BCUT2D eigenvalue weighted by Gasteiger charge is 2.28. The van der Waals surface area contributed by atoms with Crippen LogP contribution < -0.4 is 9.47 Å². The summed E-state index contributed by atoms with van der Waals surface area (Å²) >= 11 is 0. The number of hydrogen-bond donors (Lipinski definition) is 0. The molecule has 2 aromatic rings. The highest BCUT2D eigenvalue weighted by atomic mass is 19.1. The van der Waals surface area contributed by atoms with Gasteiger partial charge in [-0.25, -0.2) is 4.39 Å². The van der Waals surface area contributed by atoms with Crippen molar-refractivity contribution in [2.45, 2.75) is 32.0 Å². The van der Waals surface area contributed by atoms with E-state index in [0.717, 1.165) is 42.0 Å². The Bertz CT molecular complexity index is 747. The maximum absolute atomic E-state index is 14.0. The average molecular weight is 343 g/mol. The van der Waals surface area contributed by atoms with Crippen LogP contribution in [-0.4, -0.2) is 25.3 Å². The minimum absolute atomic E-state index is 0.230.